The van der Waals surface area contributed by atoms with Gasteiger partial charge in [-0.05, 0) is 42.9 Å². The van der Waals surface area contributed by atoms with Gasteiger partial charge in [0.2, 0.25) is 5.91 Å². The van der Waals surface area contributed by atoms with Gasteiger partial charge in [-0.1, -0.05) is 50.6 Å². The maximum atomic E-state index is 12.8. The van der Waals surface area contributed by atoms with E-state index in [1.165, 1.54) is 0 Å². The van der Waals surface area contributed by atoms with Crippen molar-refractivity contribution in [2.24, 2.45) is 11.3 Å². The number of halogens is 1. The number of hydrogen-bond donors (Lipinski definition) is 3. The summed E-state index contributed by atoms with van der Waals surface area (Å²) < 4.78 is 0. The molecule has 0 spiro atoms. The normalized spacial score (nSPS) is 16.1. The van der Waals surface area contributed by atoms with E-state index in [0.717, 1.165) is 5.56 Å². The number of aliphatic hydroxyl groups is 2. The van der Waals surface area contributed by atoms with Crippen LogP contribution in [0.1, 0.15) is 51.7 Å². The predicted molar refractivity (Wildman–Crippen MR) is 102 cm³/mol. The fourth-order valence-electron chi connectivity index (χ4n) is 2.70. The molecule has 3 N–H and O–H groups in total. The van der Waals surface area contributed by atoms with Crippen LogP contribution >= 0.6 is 11.6 Å². The molecule has 3 atom stereocenters. The molecule has 0 aliphatic heterocycles. The Morgan fingerprint density at radius 1 is 1.36 bits per heavy atom. The number of amides is 1. The first-order chi connectivity index (χ1) is 11.7. The van der Waals surface area contributed by atoms with Gasteiger partial charge in [0.25, 0.3) is 0 Å². The van der Waals surface area contributed by atoms with Crippen molar-refractivity contribution in [3.63, 3.8) is 0 Å². The maximum absolute atomic E-state index is 12.8. The van der Waals surface area contributed by atoms with Crippen LogP contribution in [0, 0.1) is 11.3 Å². The van der Waals surface area contributed by atoms with Crippen LogP contribution in [0.5, 0.6) is 0 Å². The molecule has 1 rings (SSSR count). The highest BCUT2D eigenvalue weighted by atomic mass is 35.5. The molecule has 0 fully saturated rings. The van der Waals surface area contributed by atoms with Gasteiger partial charge in [0.05, 0.1) is 18.8 Å². The number of nitrogens with one attached hydrogen (secondary N) is 1. The zero-order valence-corrected chi connectivity index (χ0v) is 16.1. The Kier molecular flexibility index (Phi) is 8.63. The van der Waals surface area contributed by atoms with E-state index in [1.807, 2.05) is 20.8 Å². The SMILES string of the molecule is C=CC[C@@](C)(CC[C@@H](O)c1ccc(Cl)cc1)C(=O)NC(CO)C(C)C. The summed E-state index contributed by atoms with van der Waals surface area (Å²) in [5.41, 5.74) is 0.0958. The quantitative estimate of drug-likeness (QED) is 0.550. The maximum Gasteiger partial charge on any atom is 0.226 e. The van der Waals surface area contributed by atoms with Crippen molar-refractivity contribution in [3.05, 3.63) is 47.5 Å². The van der Waals surface area contributed by atoms with Crippen LogP contribution in [0.25, 0.3) is 0 Å². The highest BCUT2D eigenvalue weighted by Gasteiger charge is 2.34. The molecule has 0 radical (unpaired) electrons. The van der Waals surface area contributed by atoms with Crippen molar-refractivity contribution in [2.45, 2.75) is 52.2 Å². The zero-order valence-electron chi connectivity index (χ0n) is 15.3. The zero-order chi connectivity index (χ0) is 19.0. The fraction of sp³-hybridized carbons (Fsp3) is 0.550. The van der Waals surface area contributed by atoms with E-state index in [0.29, 0.717) is 24.3 Å². The first-order valence-corrected chi connectivity index (χ1v) is 9.07. The smallest absolute Gasteiger partial charge is 0.226 e. The molecule has 4 nitrogen and oxygen atoms in total. The lowest BCUT2D eigenvalue weighted by Gasteiger charge is -2.31. The largest absolute Gasteiger partial charge is 0.394 e. The lowest BCUT2D eigenvalue weighted by Crippen LogP contribution is -2.47. The first-order valence-electron chi connectivity index (χ1n) is 8.69. The van der Waals surface area contributed by atoms with Gasteiger partial charge in [0.15, 0.2) is 0 Å². The van der Waals surface area contributed by atoms with Crippen LogP contribution in [-0.4, -0.2) is 28.8 Å². The Bertz CT molecular complexity index is 559. The molecule has 1 aromatic rings. The van der Waals surface area contributed by atoms with Crippen LogP contribution < -0.4 is 5.32 Å². The van der Waals surface area contributed by atoms with Gasteiger partial charge in [-0.15, -0.1) is 6.58 Å². The molecule has 0 saturated heterocycles. The Hall–Kier alpha value is -1.36. The molecular weight excluding hydrogens is 338 g/mol. The summed E-state index contributed by atoms with van der Waals surface area (Å²) in [7, 11) is 0. The molecule has 0 saturated carbocycles. The Morgan fingerprint density at radius 3 is 2.44 bits per heavy atom. The second kappa shape index (κ2) is 9.95. The number of hydrogen-bond acceptors (Lipinski definition) is 3. The van der Waals surface area contributed by atoms with Crippen molar-refractivity contribution >= 4 is 17.5 Å². The molecule has 1 amide bonds. The highest BCUT2D eigenvalue weighted by molar-refractivity contribution is 6.30. The standard InChI is InChI=1S/C20H30ClNO3/c1-5-11-20(4,19(25)22-17(13-23)14(2)3)12-10-18(24)15-6-8-16(21)9-7-15/h5-9,14,17-18,23-24H,1,10-13H2,2-4H3,(H,22,25)/t17?,18-,20+/m1/s1. The Labute approximate surface area is 155 Å². The van der Waals surface area contributed by atoms with E-state index in [2.05, 4.69) is 11.9 Å². The van der Waals surface area contributed by atoms with Crippen LogP contribution in [0.15, 0.2) is 36.9 Å². The van der Waals surface area contributed by atoms with Gasteiger partial charge in [-0.2, -0.15) is 0 Å². The van der Waals surface area contributed by atoms with Gasteiger partial charge < -0.3 is 15.5 Å². The van der Waals surface area contributed by atoms with Gasteiger partial charge in [0.1, 0.15) is 0 Å². The van der Waals surface area contributed by atoms with Crippen LogP contribution in [0.2, 0.25) is 5.02 Å². The van der Waals surface area contributed by atoms with Gasteiger partial charge in [0, 0.05) is 10.4 Å². The summed E-state index contributed by atoms with van der Waals surface area (Å²) in [6.45, 7) is 9.43. The van der Waals surface area contributed by atoms with E-state index >= 15 is 0 Å². The molecule has 0 aromatic heterocycles. The topological polar surface area (TPSA) is 69.6 Å². The summed E-state index contributed by atoms with van der Waals surface area (Å²) in [4.78, 5) is 12.8. The Morgan fingerprint density at radius 2 is 1.96 bits per heavy atom. The number of carbonyl (C=O) groups is 1. The minimum atomic E-state index is -0.683. The molecule has 0 heterocycles. The summed E-state index contributed by atoms with van der Waals surface area (Å²) in [5, 5.41) is 23.4. The molecule has 1 aromatic carbocycles. The number of allylic oxidation sites excluding steroid dienone is 1. The van der Waals surface area contributed by atoms with Crippen LogP contribution in [0.3, 0.4) is 0 Å². The number of carbonyl (C=O) groups excluding carboxylic acids is 1. The number of benzene rings is 1. The van der Waals surface area contributed by atoms with Crippen molar-refractivity contribution in [1.82, 2.24) is 5.32 Å². The van der Waals surface area contributed by atoms with E-state index in [-0.39, 0.29) is 24.5 Å². The Balaban J connectivity index is 2.77. The van der Waals surface area contributed by atoms with E-state index in [1.54, 1.807) is 30.3 Å². The molecule has 0 aliphatic rings. The lowest BCUT2D eigenvalue weighted by atomic mass is 9.79. The van der Waals surface area contributed by atoms with Gasteiger partial charge >= 0.3 is 0 Å². The van der Waals surface area contributed by atoms with Gasteiger partial charge in [-0.3, -0.25) is 4.79 Å². The molecule has 140 valence electrons. The van der Waals surface area contributed by atoms with Crippen molar-refractivity contribution in [1.29, 1.82) is 0 Å². The first kappa shape index (κ1) is 21.7. The molecule has 25 heavy (non-hydrogen) atoms. The van der Waals surface area contributed by atoms with E-state index in [9.17, 15) is 15.0 Å². The summed E-state index contributed by atoms with van der Waals surface area (Å²) in [6, 6.07) is 6.78. The second-order valence-electron chi connectivity index (χ2n) is 7.17. The van der Waals surface area contributed by atoms with Crippen molar-refractivity contribution in [2.75, 3.05) is 6.61 Å². The molecule has 5 heteroatoms. The van der Waals surface area contributed by atoms with Crippen molar-refractivity contribution in [3.8, 4) is 0 Å². The summed E-state index contributed by atoms with van der Waals surface area (Å²) in [6.07, 6.45) is 2.52. The third kappa shape index (κ3) is 6.46. The van der Waals surface area contributed by atoms with Crippen LogP contribution in [0.4, 0.5) is 0 Å². The van der Waals surface area contributed by atoms with Crippen molar-refractivity contribution < 1.29 is 15.0 Å². The summed E-state index contributed by atoms with van der Waals surface area (Å²) in [5.74, 6) is 0.0186. The summed E-state index contributed by atoms with van der Waals surface area (Å²) >= 11 is 5.87. The van der Waals surface area contributed by atoms with E-state index in [4.69, 9.17) is 11.6 Å². The van der Waals surface area contributed by atoms with Gasteiger partial charge in [-0.25, -0.2) is 0 Å². The minimum absolute atomic E-state index is 0.0963. The average Bonchev–Trinajstić information content (AvgIpc) is 2.57. The third-order valence-corrected chi connectivity index (χ3v) is 4.94. The highest BCUT2D eigenvalue weighted by Crippen LogP contribution is 2.33. The van der Waals surface area contributed by atoms with E-state index < -0.39 is 11.5 Å². The average molecular weight is 368 g/mol. The molecule has 0 aliphatic carbocycles. The fourth-order valence-corrected chi connectivity index (χ4v) is 2.83. The monoisotopic (exact) mass is 367 g/mol. The lowest BCUT2D eigenvalue weighted by molar-refractivity contribution is -0.132. The van der Waals surface area contributed by atoms with Crippen LogP contribution in [-0.2, 0) is 4.79 Å². The molecule has 0 bridgehead atoms. The number of rotatable bonds is 10. The third-order valence-electron chi connectivity index (χ3n) is 4.69. The number of aliphatic hydroxyl groups excluding tert-OH is 2. The molecule has 1 unspecified atom stereocenters. The second-order valence-corrected chi connectivity index (χ2v) is 7.60. The molecular formula is C20H30ClNO3. The minimum Gasteiger partial charge on any atom is -0.394 e. The predicted octanol–water partition coefficient (Wildman–Crippen LogP) is 3.87.